The van der Waals surface area contributed by atoms with Crippen LogP contribution in [-0.2, 0) is 23.9 Å². The topological polar surface area (TPSA) is 128 Å². The number of benzene rings is 1. The van der Waals surface area contributed by atoms with Crippen LogP contribution in [0, 0.1) is 12.5 Å². The minimum Gasteiger partial charge on any atom is -0.484 e. The van der Waals surface area contributed by atoms with E-state index in [0.717, 1.165) is 0 Å². The van der Waals surface area contributed by atoms with Crippen LogP contribution in [0.1, 0.15) is 79.3 Å². The lowest BCUT2D eigenvalue weighted by molar-refractivity contribution is -0.176. The predicted molar refractivity (Wildman–Crippen MR) is 147 cm³/mol. The molecule has 2 aliphatic heterocycles. The van der Waals surface area contributed by atoms with E-state index in [9.17, 15) is 19.2 Å². The van der Waals surface area contributed by atoms with E-state index in [4.69, 9.17) is 20.8 Å². The van der Waals surface area contributed by atoms with Gasteiger partial charge in [0, 0.05) is 18.5 Å². The number of ether oxygens (including phenoxy) is 3. The van der Waals surface area contributed by atoms with Crippen molar-refractivity contribution in [2.24, 2.45) is 5.92 Å². The molecule has 2 heterocycles. The first-order chi connectivity index (χ1) is 18.6. The van der Waals surface area contributed by atoms with Crippen LogP contribution < -0.4 is 15.4 Å². The van der Waals surface area contributed by atoms with Gasteiger partial charge in [0.25, 0.3) is 0 Å². The van der Waals surface area contributed by atoms with Gasteiger partial charge in [-0.05, 0) is 65.5 Å². The van der Waals surface area contributed by atoms with E-state index in [-0.39, 0.29) is 24.8 Å². The molecule has 0 aromatic heterocycles. The van der Waals surface area contributed by atoms with E-state index < -0.39 is 47.4 Å². The molecule has 3 amide bonds. The fraction of sp³-hybridized carbons (Fsp3) is 0.621. The lowest BCUT2D eigenvalue weighted by Crippen LogP contribution is -2.57. The van der Waals surface area contributed by atoms with Crippen LogP contribution in [0.5, 0.6) is 5.75 Å². The van der Waals surface area contributed by atoms with Gasteiger partial charge < -0.3 is 29.7 Å². The summed E-state index contributed by atoms with van der Waals surface area (Å²) in [6.45, 7) is 20.1. The van der Waals surface area contributed by atoms with Gasteiger partial charge in [-0.15, -0.1) is 0 Å². The number of likely N-dealkylation sites (tertiary alicyclic amines) is 1. The van der Waals surface area contributed by atoms with Crippen LogP contribution in [0.25, 0.3) is 4.85 Å². The highest BCUT2D eigenvalue weighted by molar-refractivity contribution is 5.87. The smallest absolute Gasteiger partial charge is 0.408 e. The molecule has 2 N–H and O–H groups in total. The van der Waals surface area contributed by atoms with E-state index in [0.29, 0.717) is 36.4 Å². The molecule has 0 bridgehead atoms. The van der Waals surface area contributed by atoms with Gasteiger partial charge in [0.1, 0.15) is 35.6 Å². The largest absolute Gasteiger partial charge is 0.484 e. The average molecular weight is 557 g/mol. The third kappa shape index (κ3) is 7.64. The molecule has 40 heavy (non-hydrogen) atoms. The van der Waals surface area contributed by atoms with Crippen molar-refractivity contribution in [3.05, 3.63) is 35.2 Å². The summed E-state index contributed by atoms with van der Waals surface area (Å²) in [4.78, 5) is 56.4. The molecule has 0 saturated carbocycles. The van der Waals surface area contributed by atoms with Gasteiger partial charge in [0.15, 0.2) is 11.8 Å². The number of amides is 3. The molecule has 218 valence electrons. The molecule has 1 aromatic carbocycles. The summed E-state index contributed by atoms with van der Waals surface area (Å²) in [5.74, 6) is -0.767. The number of fused-ring (bicyclic) bond motifs is 1. The molecule has 1 saturated heterocycles. The molecule has 3 atom stereocenters. The molecule has 0 radical (unpaired) electrons. The molecule has 1 aromatic rings. The first-order valence-electron chi connectivity index (χ1n) is 13.6. The van der Waals surface area contributed by atoms with Gasteiger partial charge in [-0.25, -0.2) is 14.4 Å². The van der Waals surface area contributed by atoms with Gasteiger partial charge in [-0.2, -0.15) is 0 Å². The van der Waals surface area contributed by atoms with Crippen molar-refractivity contribution < 1.29 is 33.4 Å². The van der Waals surface area contributed by atoms with Crippen LogP contribution in [0.3, 0.4) is 0 Å². The molecular weight excluding hydrogens is 516 g/mol. The Morgan fingerprint density at radius 2 is 1.95 bits per heavy atom. The lowest BCUT2D eigenvalue weighted by atomic mass is 9.85. The quantitative estimate of drug-likeness (QED) is 0.365. The molecule has 0 aliphatic carbocycles. The fourth-order valence-electron chi connectivity index (χ4n) is 4.92. The maximum Gasteiger partial charge on any atom is 0.408 e. The van der Waals surface area contributed by atoms with E-state index in [1.807, 2.05) is 13.8 Å². The highest BCUT2D eigenvalue weighted by Gasteiger charge is 2.51. The summed E-state index contributed by atoms with van der Waals surface area (Å²) < 4.78 is 17.5. The zero-order valence-corrected chi connectivity index (χ0v) is 24.3. The molecule has 0 spiro atoms. The third-order valence-electron chi connectivity index (χ3n) is 6.59. The van der Waals surface area contributed by atoms with Gasteiger partial charge in [-0.3, -0.25) is 9.59 Å². The Kier molecular flexibility index (Phi) is 9.33. The third-order valence-corrected chi connectivity index (χ3v) is 6.59. The zero-order valence-electron chi connectivity index (χ0n) is 24.3. The van der Waals surface area contributed by atoms with Crippen molar-refractivity contribution in [2.75, 3.05) is 13.1 Å². The summed E-state index contributed by atoms with van der Waals surface area (Å²) in [7, 11) is 0. The number of carbonyl (C=O) groups excluding carboxylic acids is 4. The Morgan fingerprint density at radius 3 is 2.52 bits per heavy atom. The summed E-state index contributed by atoms with van der Waals surface area (Å²) >= 11 is 0. The van der Waals surface area contributed by atoms with Crippen molar-refractivity contribution >= 4 is 29.6 Å². The molecular formula is C29H40N4O7. The Balaban J connectivity index is 1.85. The predicted octanol–water partition coefficient (Wildman–Crippen LogP) is 4.04. The molecule has 0 unspecified atom stereocenters. The van der Waals surface area contributed by atoms with Crippen molar-refractivity contribution in [1.29, 1.82) is 0 Å². The van der Waals surface area contributed by atoms with Gasteiger partial charge >= 0.3 is 12.1 Å². The Bertz CT molecular complexity index is 1180. The van der Waals surface area contributed by atoms with Crippen molar-refractivity contribution in [1.82, 2.24) is 15.5 Å². The number of hydrogen-bond acceptors (Lipinski definition) is 7. The summed E-state index contributed by atoms with van der Waals surface area (Å²) in [6.07, 6.45) is -0.320. The minimum atomic E-state index is -1.03. The van der Waals surface area contributed by atoms with E-state index in [1.54, 1.807) is 57.7 Å². The van der Waals surface area contributed by atoms with Crippen molar-refractivity contribution in [3.63, 3.8) is 0 Å². The first kappa shape index (κ1) is 30.7. The maximum absolute atomic E-state index is 13.6. The van der Waals surface area contributed by atoms with Crippen molar-refractivity contribution in [2.45, 2.75) is 97.1 Å². The SMILES string of the molecule is [C-]#[N+]c1ccc2c(c1)[C@@H](N1CCCC1=O)[C@H](OC(=O)[C@H](CC(C)C)NC(=O)CNC(=O)OC(C)(C)C)C(C)(C)O2. The zero-order chi connectivity index (χ0) is 29.8. The Labute approximate surface area is 235 Å². The Morgan fingerprint density at radius 1 is 1.25 bits per heavy atom. The van der Waals surface area contributed by atoms with Crippen LogP contribution in [-0.4, -0.2) is 65.2 Å². The van der Waals surface area contributed by atoms with Gasteiger partial charge in [0.2, 0.25) is 11.8 Å². The fourth-order valence-corrected chi connectivity index (χ4v) is 4.92. The van der Waals surface area contributed by atoms with E-state index in [1.165, 1.54) is 0 Å². The van der Waals surface area contributed by atoms with Crippen LogP contribution in [0.15, 0.2) is 18.2 Å². The first-order valence-corrected chi connectivity index (χ1v) is 13.6. The number of nitrogens with zero attached hydrogens (tertiary/aromatic N) is 2. The van der Waals surface area contributed by atoms with Gasteiger partial charge in [0.05, 0.1) is 6.57 Å². The van der Waals surface area contributed by atoms with Crippen LogP contribution >= 0.6 is 0 Å². The summed E-state index contributed by atoms with van der Waals surface area (Å²) in [5, 5.41) is 5.06. The molecule has 1 fully saturated rings. The normalized spacial score (nSPS) is 20.6. The number of carbonyl (C=O) groups is 4. The summed E-state index contributed by atoms with van der Waals surface area (Å²) in [6, 6.07) is 3.36. The lowest BCUT2D eigenvalue weighted by Gasteiger charge is -2.47. The van der Waals surface area contributed by atoms with Crippen molar-refractivity contribution in [3.8, 4) is 5.75 Å². The van der Waals surface area contributed by atoms with Gasteiger partial charge in [-0.1, -0.05) is 19.9 Å². The minimum absolute atomic E-state index is 0.0326. The second-order valence-electron chi connectivity index (χ2n) is 12.1. The summed E-state index contributed by atoms with van der Waals surface area (Å²) in [5.41, 5.74) is -0.764. The molecule has 11 nitrogen and oxygen atoms in total. The monoisotopic (exact) mass is 556 g/mol. The average Bonchev–Trinajstić information content (AvgIpc) is 3.26. The maximum atomic E-state index is 13.6. The number of alkyl carbamates (subject to hydrolysis) is 1. The van der Waals surface area contributed by atoms with Crippen LogP contribution in [0.4, 0.5) is 10.5 Å². The number of hydrogen-bond donors (Lipinski definition) is 2. The number of nitrogens with one attached hydrogen (secondary N) is 2. The number of esters is 1. The molecule has 2 aliphatic rings. The molecule has 3 rings (SSSR count). The second kappa shape index (κ2) is 12.1. The number of rotatable bonds is 8. The van der Waals surface area contributed by atoms with Crippen LogP contribution in [0.2, 0.25) is 0 Å². The van der Waals surface area contributed by atoms with E-state index in [2.05, 4.69) is 15.5 Å². The standard InChI is InChI=1S/C29H40N4O7/c1-17(2)14-20(32-22(34)16-31-27(37)40-28(3,4)5)26(36)38-25-24(33-13-9-10-23(33)35)19-15-18(30-8)11-12-21(19)39-29(25,6)7/h11-12,15,17,20,24-25H,9-10,13-14,16H2,1-7H3,(H,31,37)(H,32,34)/t20-,24+,25-/m0/s1. The highest BCUT2D eigenvalue weighted by atomic mass is 16.6. The Hall–Kier alpha value is -3.81. The molecule has 11 heteroatoms. The highest BCUT2D eigenvalue weighted by Crippen LogP contribution is 2.46. The van der Waals surface area contributed by atoms with E-state index >= 15 is 0 Å². The second-order valence-corrected chi connectivity index (χ2v) is 12.1.